The van der Waals surface area contributed by atoms with Crippen LogP contribution in [-0.2, 0) is 16.1 Å². The Kier molecular flexibility index (Phi) is 6.78. The molecule has 9 heteroatoms. The average molecular weight is 442 g/mol. The van der Waals surface area contributed by atoms with Crippen LogP contribution in [0.5, 0.6) is 5.75 Å². The van der Waals surface area contributed by atoms with Crippen LogP contribution in [0.1, 0.15) is 38.5 Å². The summed E-state index contributed by atoms with van der Waals surface area (Å²) >= 11 is 1.34. The smallest absolute Gasteiger partial charge is 0.231 e. The second-order valence-corrected chi connectivity index (χ2v) is 8.96. The number of hydrogen-bond donors (Lipinski definition) is 1. The third-order valence-corrected chi connectivity index (χ3v) is 6.82. The van der Waals surface area contributed by atoms with Crippen LogP contribution in [0.3, 0.4) is 0 Å². The number of carbonyl (C=O) groups is 1. The third-order valence-electron chi connectivity index (χ3n) is 5.86. The molecule has 1 aromatic carbocycles. The summed E-state index contributed by atoms with van der Waals surface area (Å²) in [4.78, 5) is 12.6. The molecule has 1 aliphatic heterocycles. The van der Waals surface area contributed by atoms with E-state index in [0.717, 1.165) is 62.3 Å². The summed E-state index contributed by atoms with van der Waals surface area (Å²) in [5, 5.41) is 21.9. The van der Waals surface area contributed by atoms with Gasteiger partial charge in [0.25, 0.3) is 0 Å². The maximum absolute atomic E-state index is 12.6. The van der Waals surface area contributed by atoms with Crippen molar-refractivity contribution in [2.24, 2.45) is 0 Å². The molecule has 8 nitrogen and oxygen atoms in total. The summed E-state index contributed by atoms with van der Waals surface area (Å²) in [6.07, 6.45) is 5.54. The van der Waals surface area contributed by atoms with E-state index >= 15 is 0 Å². The lowest BCUT2D eigenvalue weighted by atomic mass is 10.0. The molecule has 1 saturated heterocycles. The minimum Gasteiger partial charge on any atom is -0.497 e. The van der Waals surface area contributed by atoms with Gasteiger partial charge in [0.15, 0.2) is 11.0 Å². The van der Waals surface area contributed by atoms with Crippen LogP contribution in [0.15, 0.2) is 29.4 Å². The third kappa shape index (κ3) is 5.02. The first-order valence-corrected chi connectivity index (χ1v) is 11.7. The Morgan fingerprint density at radius 3 is 2.74 bits per heavy atom. The van der Waals surface area contributed by atoms with Gasteiger partial charge in [-0.3, -0.25) is 9.36 Å². The number of methoxy groups -OCH3 is 1. The average Bonchev–Trinajstić information content (AvgIpc) is 3.55. The van der Waals surface area contributed by atoms with Crippen molar-refractivity contribution in [1.29, 1.82) is 5.26 Å². The molecule has 2 aromatic rings. The largest absolute Gasteiger partial charge is 0.497 e. The summed E-state index contributed by atoms with van der Waals surface area (Å²) in [6, 6.07) is 9.99. The summed E-state index contributed by atoms with van der Waals surface area (Å²) in [6.45, 7) is 1.41. The zero-order valence-electron chi connectivity index (χ0n) is 17.7. The molecule has 31 heavy (non-hydrogen) atoms. The highest BCUT2D eigenvalue weighted by molar-refractivity contribution is 7.99. The fourth-order valence-electron chi connectivity index (χ4n) is 4.18. The van der Waals surface area contributed by atoms with E-state index in [4.69, 9.17) is 9.47 Å². The highest BCUT2D eigenvalue weighted by Crippen LogP contribution is 2.30. The van der Waals surface area contributed by atoms with Gasteiger partial charge in [0.1, 0.15) is 11.3 Å². The van der Waals surface area contributed by atoms with Crippen molar-refractivity contribution >= 4 is 17.7 Å². The molecule has 0 radical (unpaired) electrons. The van der Waals surface area contributed by atoms with Crippen molar-refractivity contribution in [3.8, 4) is 23.2 Å². The topological polar surface area (TPSA) is 102 Å². The Balaban J connectivity index is 1.50. The molecule has 164 valence electrons. The molecule has 1 aliphatic carbocycles. The van der Waals surface area contributed by atoms with Crippen LogP contribution in [-0.4, -0.2) is 51.8 Å². The van der Waals surface area contributed by atoms with Crippen LogP contribution in [0.25, 0.3) is 11.4 Å². The standard InChI is InChI=1S/C22H27N5O3S/c1-29-17-8-6-16(7-9-17)20-25-26-21(27(20)13-18-5-4-12-30-18)31-14-19(28)24-22(15-23)10-2-3-11-22/h6-9,18H,2-5,10-14H2,1H3,(H,24,28)/t18-/m1/s1. The quantitative estimate of drug-likeness (QED) is 0.628. The normalized spacial score (nSPS) is 19.8. The predicted molar refractivity (Wildman–Crippen MR) is 117 cm³/mol. The zero-order chi connectivity index (χ0) is 21.7. The number of aromatic nitrogens is 3. The number of benzene rings is 1. The molecule has 1 amide bonds. The molecular weight excluding hydrogens is 414 g/mol. The van der Waals surface area contributed by atoms with E-state index in [2.05, 4.69) is 21.6 Å². The van der Waals surface area contributed by atoms with Gasteiger partial charge in [0.05, 0.1) is 31.6 Å². The number of rotatable bonds is 8. The number of nitrogens with zero attached hydrogens (tertiary/aromatic N) is 4. The number of nitriles is 1. The fourth-order valence-corrected chi connectivity index (χ4v) is 4.93. The number of ether oxygens (including phenoxy) is 2. The summed E-state index contributed by atoms with van der Waals surface area (Å²) in [7, 11) is 1.64. The molecule has 1 atom stereocenters. The molecule has 2 heterocycles. The predicted octanol–water partition coefficient (Wildman–Crippen LogP) is 3.18. The number of nitrogens with one attached hydrogen (secondary N) is 1. The van der Waals surface area contributed by atoms with Gasteiger partial charge < -0.3 is 14.8 Å². The van der Waals surface area contributed by atoms with Crippen molar-refractivity contribution in [2.45, 2.75) is 61.9 Å². The lowest BCUT2D eigenvalue weighted by molar-refractivity contribution is -0.119. The van der Waals surface area contributed by atoms with Gasteiger partial charge in [-0.2, -0.15) is 5.26 Å². The molecule has 2 fully saturated rings. The molecule has 1 saturated carbocycles. The number of thioether (sulfide) groups is 1. The molecule has 4 rings (SSSR count). The van der Waals surface area contributed by atoms with Gasteiger partial charge in [-0.05, 0) is 62.8 Å². The first-order chi connectivity index (χ1) is 15.1. The first kappa shape index (κ1) is 21.7. The molecule has 0 bridgehead atoms. The number of hydrogen-bond acceptors (Lipinski definition) is 7. The van der Waals surface area contributed by atoms with Crippen LogP contribution >= 0.6 is 11.8 Å². The van der Waals surface area contributed by atoms with Crippen molar-refractivity contribution in [1.82, 2.24) is 20.1 Å². The van der Waals surface area contributed by atoms with Gasteiger partial charge in [0, 0.05) is 12.2 Å². The Morgan fingerprint density at radius 2 is 2.10 bits per heavy atom. The van der Waals surface area contributed by atoms with Gasteiger partial charge in [0.2, 0.25) is 5.91 Å². The van der Waals surface area contributed by atoms with Crippen LogP contribution in [0.4, 0.5) is 0 Å². The van der Waals surface area contributed by atoms with E-state index < -0.39 is 5.54 Å². The Labute approximate surface area is 186 Å². The summed E-state index contributed by atoms with van der Waals surface area (Å²) in [5.41, 5.74) is 0.217. The van der Waals surface area contributed by atoms with Crippen molar-refractivity contribution in [3.63, 3.8) is 0 Å². The molecule has 0 spiro atoms. The molecule has 0 unspecified atom stereocenters. The van der Waals surface area contributed by atoms with Crippen LogP contribution in [0.2, 0.25) is 0 Å². The number of amides is 1. The SMILES string of the molecule is COc1ccc(-c2nnc(SCC(=O)NC3(C#N)CCCC3)n2C[C@H]2CCCO2)cc1. The Morgan fingerprint density at radius 1 is 1.32 bits per heavy atom. The molecule has 1 N–H and O–H groups in total. The highest BCUT2D eigenvalue weighted by Gasteiger charge is 2.35. The maximum atomic E-state index is 12.6. The van der Waals surface area contributed by atoms with Crippen molar-refractivity contribution < 1.29 is 14.3 Å². The zero-order valence-corrected chi connectivity index (χ0v) is 18.5. The lowest BCUT2D eigenvalue weighted by Crippen LogP contribution is -2.45. The van der Waals surface area contributed by atoms with E-state index in [1.54, 1.807) is 7.11 Å². The number of carbonyl (C=O) groups excluding carboxylic acids is 1. The second-order valence-electron chi connectivity index (χ2n) is 8.02. The van der Waals surface area contributed by atoms with Crippen molar-refractivity contribution in [3.05, 3.63) is 24.3 Å². The van der Waals surface area contributed by atoms with E-state index in [1.807, 2.05) is 28.8 Å². The van der Waals surface area contributed by atoms with E-state index in [1.165, 1.54) is 11.8 Å². The molecule has 1 aromatic heterocycles. The minimum atomic E-state index is -0.711. The summed E-state index contributed by atoms with van der Waals surface area (Å²) < 4.78 is 13.1. The maximum Gasteiger partial charge on any atom is 0.231 e. The second kappa shape index (κ2) is 9.71. The van der Waals surface area contributed by atoms with Gasteiger partial charge >= 0.3 is 0 Å². The first-order valence-electron chi connectivity index (χ1n) is 10.7. The Bertz CT molecular complexity index is 941. The molecule has 2 aliphatic rings. The van der Waals surface area contributed by atoms with Gasteiger partial charge in [-0.25, -0.2) is 0 Å². The molecular formula is C22H27N5O3S. The van der Waals surface area contributed by atoms with Crippen LogP contribution in [0, 0.1) is 11.3 Å². The lowest BCUT2D eigenvalue weighted by Gasteiger charge is -2.21. The Hall–Kier alpha value is -2.57. The van der Waals surface area contributed by atoms with Gasteiger partial charge in [-0.1, -0.05) is 11.8 Å². The monoisotopic (exact) mass is 441 g/mol. The van der Waals surface area contributed by atoms with Crippen LogP contribution < -0.4 is 10.1 Å². The van der Waals surface area contributed by atoms with E-state index in [9.17, 15) is 10.1 Å². The highest BCUT2D eigenvalue weighted by atomic mass is 32.2. The summed E-state index contributed by atoms with van der Waals surface area (Å²) in [5.74, 6) is 1.56. The van der Waals surface area contributed by atoms with Gasteiger partial charge in [-0.15, -0.1) is 10.2 Å². The van der Waals surface area contributed by atoms with E-state index in [0.29, 0.717) is 11.7 Å². The van der Waals surface area contributed by atoms with Crippen molar-refractivity contribution in [2.75, 3.05) is 19.5 Å². The van der Waals surface area contributed by atoms with E-state index in [-0.39, 0.29) is 17.8 Å². The minimum absolute atomic E-state index is 0.113. The fraction of sp³-hybridized carbons (Fsp3) is 0.545.